The first-order chi connectivity index (χ1) is 13.3. The zero-order chi connectivity index (χ0) is 20.7. The number of halogens is 1. The van der Waals surface area contributed by atoms with Crippen molar-refractivity contribution in [2.24, 2.45) is 5.92 Å². The molecule has 154 valence electrons. The third-order valence-corrected chi connectivity index (χ3v) is 5.18. The molecule has 0 saturated carbocycles. The minimum atomic E-state index is -0.289. The molecule has 1 aliphatic heterocycles. The Balaban J connectivity index is 1.76. The van der Waals surface area contributed by atoms with Crippen LogP contribution in [0.15, 0.2) is 18.2 Å². The minimum absolute atomic E-state index is 0.0219. The van der Waals surface area contributed by atoms with Gasteiger partial charge in [-0.3, -0.25) is 14.4 Å². The van der Waals surface area contributed by atoms with Crippen LogP contribution in [0.3, 0.4) is 0 Å². The Morgan fingerprint density at radius 3 is 2.54 bits per heavy atom. The standard InChI is InChI=1S/C20H27ClN2O5/c1-4-27-20(26)15-7-9-23(10-8-15)18(24)12-22(3)19(25)13-28-16-5-6-17(21)14(2)11-16/h5-6,11,15H,4,7-10,12-13H2,1-3H3. The van der Waals surface area contributed by atoms with Crippen molar-refractivity contribution in [2.45, 2.75) is 26.7 Å². The molecule has 0 spiro atoms. The van der Waals surface area contributed by atoms with Crippen molar-refractivity contribution in [1.82, 2.24) is 9.80 Å². The molecule has 0 N–H and O–H groups in total. The Bertz CT molecular complexity index is 717. The van der Waals surface area contributed by atoms with Gasteiger partial charge in [0.15, 0.2) is 6.61 Å². The summed E-state index contributed by atoms with van der Waals surface area (Å²) < 4.78 is 10.5. The zero-order valence-electron chi connectivity index (χ0n) is 16.6. The summed E-state index contributed by atoms with van der Waals surface area (Å²) in [6, 6.07) is 5.17. The Labute approximate surface area is 170 Å². The quantitative estimate of drug-likeness (QED) is 0.644. The van der Waals surface area contributed by atoms with Gasteiger partial charge >= 0.3 is 5.97 Å². The van der Waals surface area contributed by atoms with Crippen LogP contribution in [0.1, 0.15) is 25.3 Å². The molecule has 0 unspecified atom stereocenters. The van der Waals surface area contributed by atoms with Crippen LogP contribution < -0.4 is 4.74 Å². The first kappa shape index (κ1) is 22.0. The van der Waals surface area contributed by atoms with Gasteiger partial charge in [0.2, 0.25) is 5.91 Å². The fourth-order valence-electron chi connectivity index (χ4n) is 2.98. The Morgan fingerprint density at radius 1 is 1.25 bits per heavy atom. The Hall–Kier alpha value is -2.28. The highest BCUT2D eigenvalue weighted by molar-refractivity contribution is 6.31. The number of ether oxygens (including phenoxy) is 2. The predicted octanol–water partition coefficient (Wildman–Crippen LogP) is 2.29. The van der Waals surface area contributed by atoms with Gasteiger partial charge in [-0.15, -0.1) is 0 Å². The van der Waals surface area contributed by atoms with Crippen LogP contribution in [0, 0.1) is 12.8 Å². The number of hydrogen-bond donors (Lipinski definition) is 0. The number of benzene rings is 1. The SMILES string of the molecule is CCOC(=O)C1CCN(C(=O)CN(C)C(=O)COc2ccc(Cl)c(C)c2)CC1. The molecule has 1 aromatic rings. The van der Waals surface area contributed by atoms with Crippen molar-refractivity contribution in [3.8, 4) is 5.75 Å². The summed E-state index contributed by atoms with van der Waals surface area (Å²) in [6.07, 6.45) is 1.17. The van der Waals surface area contributed by atoms with Gasteiger partial charge in [-0.05, 0) is 50.5 Å². The van der Waals surface area contributed by atoms with Gasteiger partial charge in [0.1, 0.15) is 5.75 Å². The van der Waals surface area contributed by atoms with E-state index < -0.39 is 0 Å². The smallest absolute Gasteiger partial charge is 0.309 e. The Morgan fingerprint density at radius 2 is 1.93 bits per heavy atom. The van der Waals surface area contributed by atoms with Crippen LogP contribution in [-0.2, 0) is 19.1 Å². The van der Waals surface area contributed by atoms with Gasteiger partial charge in [-0.2, -0.15) is 0 Å². The maximum Gasteiger partial charge on any atom is 0.309 e. The molecule has 1 aliphatic rings. The first-order valence-corrected chi connectivity index (χ1v) is 9.77. The zero-order valence-corrected chi connectivity index (χ0v) is 17.3. The summed E-state index contributed by atoms with van der Waals surface area (Å²) in [7, 11) is 1.57. The van der Waals surface area contributed by atoms with Crippen molar-refractivity contribution in [3.05, 3.63) is 28.8 Å². The van der Waals surface area contributed by atoms with Crippen LogP contribution in [-0.4, -0.2) is 67.5 Å². The summed E-state index contributed by atoms with van der Waals surface area (Å²) in [5, 5.41) is 0.633. The van der Waals surface area contributed by atoms with E-state index in [0.29, 0.717) is 43.3 Å². The van der Waals surface area contributed by atoms with Crippen LogP contribution in [0.2, 0.25) is 5.02 Å². The fourth-order valence-corrected chi connectivity index (χ4v) is 3.10. The Kier molecular flexibility index (Phi) is 8.11. The summed E-state index contributed by atoms with van der Waals surface area (Å²) >= 11 is 5.97. The van der Waals surface area contributed by atoms with E-state index in [9.17, 15) is 14.4 Å². The molecule has 1 saturated heterocycles. The maximum absolute atomic E-state index is 12.4. The van der Waals surface area contributed by atoms with Gasteiger partial charge in [0, 0.05) is 25.2 Å². The largest absolute Gasteiger partial charge is 0.484 e. The van der Waals surface area contributed by atoms with Gasteiger partial charge in [0.25, 0.3) is 5.91 Å². The number of piperidine rings is 1. The van der Waals surface area contributed by atoms with Crippen LogP contribution >= 0.6 is 11.6 Å². The second kappa shape index (κ2) is 10.3. The number of hydrogen-bond acceptors (Lipinski definition) is 5. The summed E-state index contributed by atoms with van der Waals surface area (Å²) in [6.45, 7) is 4.80. The van der Waals surface area contributed by atoms with Gasteiger partial charge in [-0.25, -0.2) is 0 Å². The number of likely N-dealkylation sites (N-methyl/N-ethyl adjacent to an activating group) is 1. The lowest BCUT2D eigenvalue weighted by atomic mass is 9.97. The van der Waals surface area contributed by atoms with Gasteiger partial charge < -0.3 is 19.3 Å². The molecule has 1 heterocycles. The van der Waals surface area contributed by atoms with E-state index in [1.807, 2.05) is 6.92 Å². The second-order valence-electron chi connectivity index (χ2n) is 6.86. The molecule has 8 heteroatoms. The van der Waals surface area contributed by atoms with Crippen molar-refractivity contribution < 1.29 is 23.9 Å². The molecule has 2 rings (SSSR count). The first-order valence-electron chi connectivity index (χ1n) is 9.39. The average Bonchev–Trinajstić information content (AvgIpc) is 2.68. The topological polar surface area (TPSA) is 76.2 Å². The van der Waals surface area contributed by atoms with E-state index in [-0.39, 0.29) is 36.9 Å². The van der Waals surface area contributed by atoms with Crippen molar-refractivity contribution in [2.75, 3.05) is 39.9 Å². The number of rotatable bonds is 7. The van der Waals surface area contributed by atoms with Crippen molar-refractivity contribution >= 4 is 29.4 Å². The molecule has 0 bridgehead atoms. The molecular weight excluding hydrogens is 384 g/mol. The lowest BCUT2D eigenvalue weighted by Gasteiger charge is -2.32. The third-order valence-electron chi connectivity index (χ3n) is 4.76. The van der Waals surface area contributed by atoms with Gasteiger partial charge in [0.05, 0.1) is 19.1 Å². The fraction of sp³-hybridized carbons (Fsp3) is 0.550. The van der Waals surface area contributed by atoms with Gasteiger partial charge in [-0.1, -0.05) is 11.6 Å². The second-order valence-corrected chi connectivity index (χ2v) is 7.26. The lowest BCUT2D eigenvalue weighted by molar-refractivity contribution is -0.151. The molecule has 0 aliphatic carbocycles. The molecule has 28 heavy (non-hydrogen) atoms. The number of amides is 2. The number of carbonyl (C=O) groups is 3. The van der Waals surface area contributed by atoms with E-state index in [1.165, 1.54) is 4.90 Å². The monoisotopic (exact) mass is 410 g/mol. The molecule has 0 atom stereocenters. The van der Waals surface area contributed by atoms with E-state index in [4.69, 9.17) is 21.1 Å². The van der Waals surface area contributed by atoms with Crippen LogP contribution in [0.25, 0.3) is 0 Å². The molecule has 0 aromatic heterocycles. The van der Waals surface area contributed by atoms with E-state index >= 15 is 0 Å². The average molecular weight is 411 g/mol. The summed E-state index contributed by atoms with van der Waals surface area (Å²) in [5.74, 6) is -0.227. The highest BCUT2D eigenvalue weighted by Crippen LogP contribution is 2.21. The predicted molar refractivity (Wildman–Crippen MR) is 105 cm³/mol. The van der Waals surface area contributed by atoms with Crippen molar-refractivity contribution in [3.63, 3.8) is 0 Å². The lowest BCUT2D eigenvalue weighted by Crippen LogP contribution is -2.46. The number of esters is 1. The highest BCUT2D eigenvalue weighted by Gasteiger charge is 2.29. The van der Waals surface area contributed by atoms with Crippen LogP contribution in [0.4, 0.5) is 0 Å². The molecule has 7 nitrogen and oxygen atoms in total. The summed E-state index contributed by atoms with van der Waals surface area (Å²) in [4.78, 5) is 39.5. The number of nitrogens with zero attached hydrogens (tertiary/aromatic N) is 2. The molecule has 2 amide bonds. The normalized spacial score (nSPS) is 14.5. The van der Waals surface area contributed by atoms with E-state index in [0.717, 1.165) is 5.56 Å². The van der Waals surface area contributed by atoms with Crippen molar-refractivity contribution in [1.29, 1.82) is 0 Å². The molecule has 0 radical (unpaired) electrons. The minimum Gasteiger partial charge on any atom is -0.484 e. The molecule has 1 aromatic carbocycles. The third kappa shape index (κ3) is 6.12. The maximum atomic E-state index is 12.4. The molecular formula is C20H27ClN2O5. The highest BCUT2D eigenvalue weighted by atomic mass is 35.5. The molecule has 1 fully saturated rings. The van der Waals surface area contributed by atoms with E-state index in [2.05, 4.69) is 0 Å². The van der Waals surface area contributed by atoms with E-state index in [1.54, 1.807) is 37.1 Å². The number of likely N-dealkylation sites (tertiary alicyclic amines) is 1. The number of carbonyl (C=O) groups excluding carboxylic acids is 3. The van der Waals surface area contributed by atoms with Crippen LogP contribution in [0.5, 0.6) is 5.75 Å². The summed E-state index contributed by atoms with van der Waals surface area (Å²) in [5.41, 5.74) is 0.862. The number of aryl methyl sites for hydroxylation is 1.